The van der Waals surface area contributed by atoms with Crippen LogP contribution in [0.1, 0.15) is 30.5 Å². The van der Waals surface area contributed by atoms with Crippen LogP contribution in [0.5, 0.6) is 0 Å². The van der Waals surface area contributed by atoms with Crippen molar-refractivity contribution in [3.63, 3.8) is 0 Å². The lowest BCUT2D eigenvalue weighted by Crippen LogP contribution is -2.38. The van der Waals surface area contributed by atoms with E-state index >= 15 is 0 Å². The summed E-state index contributed by atoms with van der Waals surface area (Å²) < 4.78 is 7.24. The van der Waals surface area contributed by atoms with Crippen molar-refractivity contribution in [1.29, 1.82) is 0 Å². The summed E-state index contributed by atoms with van der Waals surface area (Å²) >= 11 is 0. The molecule has 1 fully saturated rings. The van der Waals surface area contributed by atoms with E-state index in [0.29, 0.717) is 6.54 Å². The molecule has 0 radical (unpaired) electrons. The van der Waals surface area contributed by atoms with Crippen molar-refractivity contribution in [2.75, 3.05) is 11.4 Å². The molecule has 0 bridgehead atoms. The largest absolute Gasteiger partial charge is 0.460 e. The van der Waals surface area contributed by atoms with Crippen molar-refractivity contribution in [1.82, 2.24) is 20.0 Å². The highest BCUT2D eigenvalue weighted by Gasteiger charge is 2.29. The number of fused-ring (bicyclic) bond motifs is 2. The number of nitrogens with zero attached hydrogens (tertiary/aromatic N) is 5. The summed E-state index contributed by atoms with van der Waals surface area (Å²) in [5.74, 6) is 0.763. The SMILES string of the molecule is O=c1cc2c(nn1CC1CCCN1c1nncc3ccoc13)CCC2. The summed E-state index contributed by atoms with van der Waals surface area (Å²) in [7, 11) is 0. The third-order valence-corrected chi connectivity index (χ3v) is 5.30. The number of hydrogen-bond donors (Lipinski definition) is 0. The Bertz CT molecular complexity index is 993. The van der Waals surface area contributed by atoms with Gasteiger partial charge in [0.05, 0.1) is 30.7 Å². The maximum atomic E-state index is 12.4. The van der Waals surface area contributed by atoms with Gasteiger partial charge in [-0.3, -0.25) is 4.79 Å². The molecular formula is C18H19N5O2. The van der Waals surface area contributed by atoms with Crippen LogP contribution < -0.4 is 10.5 Å². The van der Waals surface area contributed by atoms with E-state index in [0.717, 1.165) is 66.7 Å². The molecule has 0 amide bonds. The standard InChI is InChI=1S/C18H19N5O2/c24-16-9-12-3-1-5-15(12)21-23(16)11-14-4-2-7-22(14)18-17-13(6-8-25-17)10-19-20-18/h6,8-10,14H,1-5,7,11H2. The second-order valence-electron chi connectivity index (χ2n) is 6.85. The minimum atomic E-state index is -0.00482. The van der Waals surface area contributed by atoms with Gasteiger partial charge >= 0.3 is 0 Å². The van der Waals surface area contributed by atoms with Crippen molar-refractivity contribution in [2.24, 2.45) is 0 Å². The van der Waals surface area contributed by atoms with Crippen molar-refractivity contribution in [2.45, 2.75) is 44.7 Å². The van der Waals surface area contributed by atoms with Gasteiger partial charge in [-0.05, 0) is 43.7 Å². The van der Waals surface area contributed by atoms with E-state index in [1.807, 2.05) is 6.07 Å². The molecule has 5 rings (SSSR count). The lowest BCUT2D eigenvalue weighted by Gasteiger charge is -2.25. The fourth-order valence-electron chi connectivity index (χ4n) is 4.06. The summed E-state index contributed by atoms with van der Waals surface area (Å²) in [6.45, 7) is 1.46. The van der Waals surface area contributed by atoms with Gasteiger partial charge in [-0.2, -0.15) is 10.2 Å². The number of aromatic nitrogens is 4. The predicted octanol–water partition coefficient (Wildman–Crippen LogP) is 1.94. The highest BCUT2D eigenvalue weighted by atomic mass is 16.3. The van der Waals surface area contributed by atoms with Gasteiger partial charge in [0.15, 0.2) is 11.4 Å². The summed E-state index contributed by atoms with van der Waals surface area (Å²) in [5.41, 5.74) is 2.96. The van der Waals surface area contributed by atoms with E-state index in [2.05, 4.69) is 20.2 Å². The molecule has 1 aliphatic carbocycles. The Morgan fingerprint density at radius 2 is 2.24 bits per heavy atom. The second kappa shape index (κ2) is 5.68. The lowest BCUT2D eigenvalue weighted by atomic mass is 10.2. The van der Waals surface area contributed by atoms with E-state index in [1.54, 1.807) is 23.2 Å². The van der Waals surface area contributed by atoms with E-state index in [9.17, 15) is 4.79 Å². The summed E-state index contributed by atoms with van der Waals surface area (Å²) in [6.07, 6.45) is 8.48. The molecule has 0 N–H and O–H groups in total. The Labute approximate surface area is 144 Å². The summed E-state index contributed by atoms with van der Waals surface area (Å²) in [4.78, 5) is 14.6. The fraction of sp³-hybridized carbons (Fsp3) is 0.444. The van der Waals surface area contributed by atoms with Crippen LogP contribution in [0.4, 0.5) is 5.82 Å². The highest BCUT2D eigenvalue weighted by Crippen LogP contribution is 2.30. The third kappa shape index (κ3) is 2.42. The first-order valence-corrected chi connectivity index (χ1v) is 8.85. The topological polar surface area (TPSA) is 77.1 Å². The van der Waals surface area contributed by atoms with Crippen LogP contribution in [-0.2, 0) is 19.4 Å². The fourth-order valence-corrected chi connectivity index (χ4v) is 4.06. The first kappa shape index (κ1) is 14.6. The average molecular weight is 337 g/mol. The number of aryl methyl sites for hydroxylation is 2. The number of rotatable bonds is 3. The van der Waals surface area contributed by atoms with Gasteiger partial charge in [0.2, 0.25) is 0 Å². The molecule has 1 unspecified atom stereocenters. The van der Waals surface area contributed by atoms with Crippen molar-refractivity contribution >= 4 is 16.8 Å². The van der Waals surface area contributed by atoms with Gasteiger partial charge < -0.3 is 9.32 Å². The molecular weight excluding hydrogens is 318 g/mol. The Morgan fingerprint density at radius 3 is 3.20 bits per heavy atom. The van der Waals surface area contributed by atoms with E-state index in [1.165, 1.54) is 0 Å². The van der Waals surface area contributed by atoms with Gasteiger partial charge in [-0.25, -0.2) is 4.68 Å². The molecule has 1 saturated heterocycles. The zero-order valence-electron chi connectivity index (χ0n) is 13.9. The average Bonchev–Trinajstić information content (AvgIpc) is 3.34. The predicted molar refractivity (Wildman–Crippen MR) is 92.7 cm³/mol. The molecule has 3 aromatic heterocycles. The van der Waals surface area contributed by atoms with Crippen LogP contribution in [-0.4, -0.2) is 32.6 Å². The monoisotopic (exact) mass is 337 g/mol. The maximum absolute atomic E-state index is 12.4. The van der Waals surface area contributed by atoms with E-state index in [-0.39, 0.29) is 11.6 Å². The first-order chi connectivity index (χ1) is 12.3. The van der Waals surface area contributed by atoms with Crippen LogP contribution in [0, 0.1) is 0 Å². The molecule has 3 aromatic rings. The molecule has 0 spiro atoms. The molecule has 1 aliphatic heterocycles. The van der Waals surface area contributed by atoms with Gasteiger partial charge in [0.1, 0.15) is 0 Å². The maximum Gasteiger partial charge on any atom is 0.267 e. The highest BCUT2D eigenvalue weighted by molar-refractivity contribution is 5.86. The van der Waals surface area contributed by atoms with Crippen LogP contribution >= 0.6 is 0 Å². The van der Waals surface area contributed by atoms with Crippen LogP contribution in [0.2, 0.25) is 0 Å². The molecule has 0 aromatic carbocycles. The van der Waals surface area contributed by atoms with Gasteiger partial charge in [0.25, 0.3) is 5.56 Å². The number of hydrogen-bond acceptors (Lipinski definition) is 6. The van der Waals surface area contributed by atoms with Gasteiger partial charge in [-0.15, -0.1) is 5.10 Å². The number of anilines is 1. The van der Waals surface area contributed by atoms with E-state index in [4.69, 9.17) is 4.42 Å². The summed E-state index contributed by atoms with van der Waals surface area (Å²) in [5, 5.41) is 14.0. The van der Waals surface area contributed by atoms with Crippen LogP contribution in [0.25, 0.3) is 11.0 Å². The van der Waals surface area contributed by atoms with Crippen molar-refractivity contribution in [3.05, 3.63) is 46.2 Å². The van der Waals surface area contributed by atoms with Crippen LogP contribution in [0.3, 0.4) is 0 Å². The quantitative estimate of drug-likeness (QED) is 0.727. The molecule has 7 heteroatoms. The van der Waals surface area contributed by atoms with Crippen LogP contribution in [0.15, 0.2) is 33.8 Å². The molecule has 4 heterocycles. The smallest absolute Gasteiger partial charge is 0.267 e. The van der Waals surface area contributed by atoms with Gasteiger partial charge in [0, 0.05) is 18.0 Å². The third-order valence-electron chi connectivity index (χ3n) is 5.30. The molecule has 7 nitrogen and oxygen atoms in total. The zero-order valence-corrected chi connectivity index (χ0v) is 13.9. The zero-order chi connectivity index (χ0) is 16.8. The number of furan rings is 1. The molecule has 1 atom stereocenters. The molecule has 0 saturated carbocycles. The van der Waals surface area contributed by atoms with Gasteiger partial charge in [-0.1, -0.05) is 0 Å². The summed E-state index contributed by atoms with van der Waals surface area (Å²) in [6, 6.07) is 3.84. The van der Waals surface area contributed by atoms with Crippen molar-refractivity contribution in [3.8, 4) is 0 Å². The lowest BCUT2D eigenvalue weighted by molar-refractivity contribution is 0.480. The Kier molecular flexibility index (Phi) is 3.33. The Hall–Kier alpha value is -2.70. The Morgan fingerprint density at radius 1 is 1.28 bits per heavy atom. The molecule has 2 aliphatic rings. The molecule has 25 heavy (non-hydrogen) atoms. The second-order valence-corrected chi connectivity index (χ2v) is 6.85. The molecule has 128 valence electrons. The first-order valence-electron chi connectivity index (χ1n) is 8.85. The van der Waals surface area contributed by atoms with E-state index < -0.39 is 0 Å². The Balaban J connectivity index is 1.48. The minimum absolute atomic E-state index is 0.00482. The van der Waals surface area contributed by atoms with Crippen molar-refractivity contribution < 1.29 is 4.42 Å². The minimum Gasteiger partial charge on any atom is -0.460 e. The normalized spacial score (nSPS) is 19.7.